The molecule has 0 aromatic heterocycles. The first-order valence-electron chi connectivity index (χ1n) is 9.82. The van der Waals surface area contributed by atoms with E-state index < -0.39 is 10.0 Å². The lowest BCUT2D eigenvalue weighted by Gasteiger charge is -2.20. The molecule has 2 N–H and O–H groups in total. The van der Waals surface area contributed by atoms with Crippen LogP contribution in [0.5, 0.6) is 5.75 Å². The highest BCUT2D eigenvalue weighted by Crippen LogP contribution is 2.18. The van der Waals surface area contributed by atoms with Gasteiger partial charge in [0.2, 0.25) is 10.0 Å². The molecule has 0 heterocycles. The van der Waals surface area contributed by atoms with Gasteiger partial charge in [-0.15, -0.1) is 24.0 Å². The summed E-state index contributed by atoms with van der Waals surface area (Å²) in [5, 5.41) is 6.59. The monoisotopic (exact) mass is 540 g/mol. The van der Waals surface area contributed by atoms with Crippen LogP contribution in [0.2, 0.25) is 0 Å². The summed E-state index contributed by atoms with van der Waals surface area (Å²) < 4.78 is 30.4. The highest BCUT2D eigenvalue weighted by atomic mass is 127. The van der Waals surface area contributed by atoms with Gasteiger partial charge in [-0.2, -0.15) is 0 Å². The fourth-order valence-corrected chi connectivity index (χ4v) is 3.55. The lowest BCUT2D eigenvalue weighted by Crippen LogP contribution is -2.40. The van der Waals surface area contributed by atoms with Gasteiger partial charge >= 0.3 is 0 Å². The molecule has 9 heteroatoms. The van der Waals surface area contributed by atoms with E-state index in [1.165, 1.54) is 10.6 Å². The molecule has 0 fully saturated rings. The Bertz CT molecular complexity index is 709. The maximum absolute atomic E-state index is 11.6. The Morgan fingerprint density at radius 3 is 2.31 bits per heavy atom. The Balaban J connectivity index is 0.00000784. The minimum absolute atomic E-state index is 0. The predicted molar refractivity (Wildman–Crippen MR) is 132 cm³/mol. The number of aliphatic imine (C=N–C) groups is 1. The first-order chi connectivity index (χ1) is 13.2. The fraction of sp³-hybridized carbons (Fsp3) is 0.650. The molecule has 1 rings (SSSR count). The number of halogens is 1. The SMILES string of the molecule is CCN(CCCNC(=NC)NC(C)c1ccc(OCC(C)C)cc1)S(C)(=O)=O.I. The molecule has 0 saturated carbocycles. The van der Waals surface area contributed by atoms with Crippen molar-refractivity contribution in [1.82, 2.24) is 14.9 Å². The second-order valence-electron chi connectivity index (χ2n) is 7.25. The molecule has 29 heavy (non-hydrogen) atoms. The molecule has 7 nitrogen and oxygen atoms in total. The van der Waals surface area contributed by atoms with Crippen LogP contribution >= 0.6 is 24.0 Å². The summed E-state index contributed by atoms with van der Waals surface area (Å²) in [6.07, 6.45) is 1.95. The highest BCUT2D eigenvalue weighted by molar-refractivity contribution is 14.0. The second kappa shape index (κ2) is 14.0. The quantitative estimate of drug-likeness (QED) is 0.195. The zero-order chi connectivity index (χ0) is 21.2. The fourth-order valence-electron chi connectivity index (χ4n) is 2.62. The second-order valence-corrected chi connectivity index (χ2v) is 9.23. The average molecular weight is 541 g/mol. The summed E-state index contributed by atoms with van der Waals surface area (Å²) in [6.45, 7) is 10.5. The van der Waals surface area contributed by atoms with Crippen LogP contribution in [0.3, 0.4) is 0 Å². The highest BCUT2D eigenvalue weighted by Gasteiger charge is 2.13. The summed E-state index contributed by atoms with van der Waals surface area (Å²) >= 11 is 0. The first-order valence-corrected chi connectivity index (χ1v) is 11.7. The molecular formula is C20H37IN4O3S. The number of guanidine groups is 1. The summed E-state index contributed by atoms with van der Waals surface area (Å²) in [5.41, 5.74) is 1.13. The van der Waals surface area contributed by atoms with Crippen molar-refractivity contribution in [2.45, 2.75) is 40.2 Å². The summed E-state index contributed by atoms with van der Waals surface area (Å²) in [4.78, 5) is 4.24. The molecule has 0 aliphatic rings. The van der Waals surface area contributed by atoms with Gasteiger partial charge in [-0.25, -0.2) is 12.7 Å². The molecule has 0 radical (unpaired) electrons. The third kappa shape index (κ3) is 11.0. The van der Waals surface area contributed by atoms with Gasteiger partial charge in [0.15, 0.2) is 5.96 Å². The zero-order valence-electron chi connectivity index (χ0n) is 18.4. The topological polar surface area (TPSA) is 83.0 Å². The van der Waals surface area contributed by atoms with Crippen LogP contribution in [-0.2, 0) is 10.0 Å². The summed E-state index contributed by atoms with van der Waals surface area (Å²) in [6, 6.07) is 8.14. The molecule has 0 aliphatic carbocycles. The maximum atomic E-state index is 11.6. The summed E-state index contributed by atoms with van der Waals surface area (Å²) in [5.74, 6) is 2.06. The van der Waals surface area contributed by atoms with Gasteiger partial charge in [-0.3, -0.25) is 4.99 Å². The van der Waals surface area contributed by atoms with Crippen LogP contribution in [0.4, 0.5) is 0 Å². The number of hydrogen-bond donors (Lipinski definition) is 2. The van der Waals surface area contributed by atoms with E-state index in [1.807, 2.05) is 31.2 Å². The number of nitrogens with zero attached hydrogens (tertiary/aromatic N) is 2. The molecule has 0 amide bonds. The van der Waals surface area contributed by atoms with Crippen molar-refractivity contribution in [2.75, 3.05) is 39.5 Å². The molecule has 0 saturated heterocycles. The van der Waals surface area contributed by atoms with Crippen LogP contribution < -0.4 is 15.4 Å². The van der Waals surface area contributed by atoms with Gasteiger partial charge in [0.1, 0.15) is 5.75 Å². The van der Waals surface area contributed by atoms with E-state index in [-0.39, 0.29) is 30.0 Å². The van der Waals surface area contributed by atoms with Gasteiger partial charge in [-0.1, -0.05) is 32.9 Å². The number of hydrogen-bond acceptors (Lipinski definition) is 4. The average Bonchev–Trinajstić information content (AvgIpc) is 2.64. The van der Waals surface area contributed by atoms with Crippen molar-refractivity contribution in [3.8, 4) is 5.75 Å². The van der Waals surface area contributed by atoms with E-state index in [9.17, 15) is 8.42 Å². The molecule has 1 aromatic rings. The smallest absolute Gasteiger partial charge is 0.211 e. The van der Waals surface area contributed by atoms with E-state index in [0.717, 1.165) is 11.3 Å². The molecule has 0 bridgehead atoms. The molecular weight excluding hydrogens is 503 g/mol. The van der Waals surface area contributed by atoms with Gasteiger partial charge in [0.25, 0.3) is 0 Å². The largest absolute Gasteiger partial charge is 0.493 e. The van der Waals surface area contributed by atoms with Crippen molar-refractivity contribution in [1.29, 1.82) is 0 Å². The first kappa shape index (κ1) is 27.9. The molecule has 168 valence electrons. The Morgan fingerprint density at radius 2 is 1.83 bits per heavy atom. The Labute approximate surface area is 193 Å². The van der Waals surface area contributed by atoms with Gasteiger partial charge < -0.3 is 15.4 Å². The van der Waals surface area contributed by atoms with Crippen molar-refractivity contribution >= 4 is 40.0 Å². The van der Waals surface area contributed by atoms with E-state index in [2.05, 4.69) is 36.4 Å². The predicted octanol–water partition coefficient (Wildman–Crippen LogP) is 3.24. The standard InChI is InChI=1S/C20H36N4O3S.HI/c1-7-24(28(6,25)26)14-8-13-22-20(21-5)23-17(4)18-9-11-19(12-10-18)27-15-16(2)3;/h9-12,16-17H,7-8,13-15H2,1-6H3,(H2,21,22,23);1H. The third-order valence-electron chi connectivity index (χ3n) is 4.24. The van der Waals surface area contributed by atoms with Gasteiger partial charge in [-0.05, 0) is 37.0 Å². The third-order valence-corrected chi connectivity index (χ3v) is 5.62. The van der Waals surface area contributed by atoms with Crippen LogP contribution in [-0.4, -0.2) is 58.2 Å². The van der Waals surface area contributed by atoms with E-state index in [1.54, 1.807) is 7.05 Å². The maximum Gasteiger partial charge on any atom is 0.211 e. The molecule has 1 aromatic carbocycles. The minimum atomic E-state index is -3.14. The Hall–Kier alpha value is -1.07. The number of sulfonamides is 1. The number of benzene rings is 1. The van der Waals surface area contributed by atoms with E-state index >= 15 is 0 Å². The number of rotatable bonds is 11. The molecule has 0 spiro atoms. The van der Waals surface area contributed by atoms with E-state index in [0.29, 0.717) is 44.5 Å². The minimum Gasteiger partial charge on any atom is -0.493 e. The zero-order valence-corrected chi connectivity index (χ0v) is 21.6. The van der Waals surface area contributed by atoms with Gasteiger partial charge in [0.05, 0.1) is 18.9 Å². The van der Waals surface area contributed by atoms with Gasteiger partial charge in [0, 0.05) is 26.7 Å². The van der Waals surface area contributed by atoms with Crippen LogP contribution in [0.15, 0.2) is 29.3 Å². The Morgan fingerprint density at radius 1 is 1.21 bits per heavy atom. The molecule has 0 aliphatic heterocycles. The normalized spacial score (nSPS) is 13.2. The summed E-state index contributed by atoms with van der Waals surface area (Å²) in [7, 11) is -1.42. The van der Waals surface area contributed by atoms with Crippen LogP contribution in [0.1, 0.15) is 45.7 Å². The number of ether oxygens (including phenoxy) is 1. The molecule has 1 atom stereocenters. The Kier molecular flexibility index (Phi) is 13.5. The molecule has 1 unspecified atom stereocenters. The lowest BCUT2D eigenvalue weighted by molar-refractivity contribution is 0.271. The lowest BCUT2D eigenvalue weighted by atomic mass is 10.1. The van der Waals surface area contributed by atoms with Crippen molar-refractivity contribution < 1.29 is 13.2 Å². The van der Waals surface area contributed by atoms with Crippen molar-refractivity contribution in [2.24, 2.45) is 10.9 Å². The van der Waals surface area contributed by atoms with Crippen molar-refractivity contribution in [3.05, 3.63) is 29.8 Å². The van der Waals surface area contributed by atoms with E-state index in [4.69, 9.17) is 4.74 Å². The number of nitrogens with one attached hydrogen (secondary N) is 2. The van der Waals surface area contributed by atoms with Crippen LogP contribution in [0.25, 0.3) is 0 Å². The van der Waals surface area contributed by atoms with Crippen molar-refractivity contribution in [3.63, 3.8) is 0 Å². The van der Waals surface area contributed by atoms with Crippen LogP contribution in [0, 0.1) is 5.92 Å².